The number of anilines is 1. The number of aliphatic carboxylic acids is 1. The van der Waals surface area contributed by atoms with Crippen LogP contribution < -0.4 is 10.9 Å². The maximum atomic E-state index is 12.4. The summed E-state index contributed by atoms with van der Waals surface area (Å²) in [4.78, 5) is 39.3. The Kier molecular flexibility index (Phi) is 5.96. The molecular weight excluding hydrogens is 328 g/mol. The van der Waals surface area contributed by atoms with Crippen LogP contribution in [0.25, 0.3) is 0 Å². The Morgan fingerprint density at radius 1 is 1.32 bits per heavy atom. The number of rotatable bonds is 6. The zero-order chi connectivity index (χ0) is 19.6. The minimum Gasteiger partial charge on any atom is -0.481 e. The van der Waals surface area contributed by atoms with Crippen molar-refractivity contribution in [2.24, 2.45) is 11.8 Å². The Hall–Kier alpha value is -2.42. The van der Waals surface area contributed by atoms with Crippen molar-refractivity contribution in [3.05, 3.63) is 12.5 Å². The van der Waals surface area contributed by atoms with E-state index in [2.05, 4.69) is 4.98 Å². The first-order chi connectivity index (χ1) is 11.2. The Labute approximate surface area is 146 Å². The summed E-state index contributed by atoms with van der Waals surface area (Å²) in [5.74, 6) is 2.49. The van der Waals surface area contributed by atoms with Crippen LogP contribution in [0.1, 0.15) is 48.0 Å². The fraction of sp³-hybridized carbons (Fsp3) is 0.625. The van der Waals surface area contributed by atoms with Crippen LogP contribution in [0.3, 0.4) is 0 Å². The number of carboxylic acid groups (broad SMARTS) is 1. The number of hydrazine groups is 1. The van der Waals surface area contributed by atoms with Crippen molar-refractivity contribution in [2.75, 3.05) is 5.01 Å². The molecule has 1 atom stereocenters. The average Bonchev–Trinajstić information content (AvgIpc) is 2.92. The van der Waals surface area contributed by atoms with Crippen molar-refractivity contribution in [3.8, 4) is 0 Å². The fourth-order valence-corrected chi connectivity index (χ4v) is 2.04. The normalized spacial score (nSPS) is 13.2. The molecule has 9 nitrogen and oxygen atoms in total. The van der Waals surface area contributed by atoms with Gasteiger partial charge < -0.3 is 14.4 Å². The predicted molar refractivity (Wildman–Crippen MR) is 90.5 cm³/mol. The van der Waals surface area contributed by atoms with E-state index in [1.54, 1.807) is 39.2 Å². The zero-order valence-electron chi connectivity index (χ0n) is 15.4. The maximum absolute atomic E-state index is 12.4. The minimum absolute atomic E-state index is 0.110. The van der Waals surface area contributed by atoms with Crippen LogP contribution in [-0.4, -0.2) is 38.1 Å². The third-order valence-electron chi connectivity index (χ3n) is 3.47. The number of imidazole rings is 1. The van der Waals surface area contributed by atoms with Gasteiger partial charge in [-0.2, -0.15) is 0 Å². The molecular formula is C16H26N4O5. The highest BCUT2D eigenvalue weighted by Crippen LogP contribution is 2.23. The molecule has 0 aliphatic heterocycles. The molecule has 0 saturated heterocycles. The first kappa shape index (κ1) is 20.6. The van der Waals surface area contributed by atoms with Crippen molar-refractivity contribution in [1.29, 1.82) is 0 Å². The van der Waals surface area contributed by atoms with Gasteiger partial charge in [0.2, 0.25) is 0 Å². The summed E-state index contributed by atoms with van der Waals surface area (Å²) in [7, 11) is 0. The number of nitrogens with zero attached hydrogens (tertiary/aromatic N) is 3. The average molecular weight is 354 g/mol. The Morgan fingerprint density at radius 2 is 1.88 bits per heavy atom. The first-order valence-electron chi connectivity index (χ1n) is 7.82. The fourth-order valence-electron chi connectivity index (χ4n) is 2.04. The molecule has 1 aromatic rings. The lowest BCUT2D eigenvalue weighted by Crippen LogP contribution is -2.45. The minimum atomic E-state index is -1.10. The molecule has 0 aromatic carbocycles. The summed E-state index contributed by atoms with van der Waals surface area (Å²) in [6.07, 6.45) is 2.72. The van der Waals surface area contributed by atoms with Gasteiger partial charge in [-0.1, -0.05) is 0 Å². The second-order valence-electron chi connectivity index (χ2n) is 7.49. The standard InChI is InChI=1S/C16H26N4O5/c1-10(14(24)25-15(2,3)4)13(23)20(17)11-8-19(9-18-11)16(5,6)7-12(21)22/h8-10H,7,17H2,1-6H3,(H,21,22). The van der Waals surface area contributed by atoms with E-state index in [9.17, 15) is 14.4 Å². The van der Waals surface area contributed by atoms with Gasteiger partial charge >= 0.3 is 11.9 Å². The van der Waals surface area contributed by atoms with Crippen molar-refractivity contribution in [3.63, 3.8) is 0 Å². The van der Waals surface area contributed by atoms with Crippen molar-refractivity contribution >= 4 is 23.7 Å². The van der Waals surface area contributed by atoms with Crippen LogP contribution in [0.2, 0.25) is 0 Å². The molecule has 0 aliphatic carbocycles. The largest absolute Gasteiger partial charge is 0.481 e. The highest BCUT2D eigenvalue weighted by molar-refractivity contribution is 6.04. The number of hydrogen-bond acceptors (Lipinski definition) is 6. The molecule has 25 heavy (non-hydrogen) atoms. The molecule has 1 aromatic heterocycles. The van der Waals surface area contributed by atoms with Crippen molar-refractivity contribution < 1.29 is 24.2 Å². The maximum Gasteiger partial charge on any atom is 0.318 e. The third kappa shape index (κ3) is 5.56. The molecule has 9 heteroatoms. The molecule has 1 unspecified atom stereocenters. The summed E-state index contributed by atoms with van der Waals surface area (Å²) in [5.41, 5.74) is -1.47. The smallest absolute Gasteiger partial charge is 0.318 e. The molecule has 1 amide bonds. The van der Waals surface area contributed by atoms with Gasteiger partial charge in [0.15, 0.2) is 5.82 Å². The molecule has 1 heterocycles. The van der Waals surface area contributed by atoms with E-state index in [0.29, 0.717) is 0 Å². The van der Waals surface area contributed by atoms with E-state index in [4.69, 9.17) is 15.7 Å². The summed E-state index contributed by atoms with van der Waals surface area (Å²) < 4.78 is 6.73. The monoisotopic (exact) mass is 354 g/mol. The van der Waals surface area contributed by atoms with E-state index >= 15 is 0 Å². The Morgan fingerprint density at radius 3 is 2.36 bits per heavy atom. The number of amides is 1. The highest BCUT2D eigenvalue weighted by atomic mass is 16.6. The van der Waals surface area contributed by atoms with Gasteiger partial charge in [-0.05, 0) is 41.5 Å². The van der Waals surface area contributed by atoms with Gasteiger partial charge in [0.25, 0.3) is 5.91 Å². The van der Waals surface area contributed by atoms with Crippen LogP contribution in [0.5, 0.6) is 0 Å². The molecule has 0 spiro atoms. The molecule has 0 bridgehead atoms. The lowest BCUT2D eigenvalue weighted by Gasteiger charge is -2.25. The number of nitrogens with two attached hydrogens (primary N) is 1. The van der Waals surface area contributed by atoms with Gasteiger partial charge in [-0.3, -0.25) is 14.4 Å². The van der Waals surface area contributed by atoms with Gasteiger partial charge in [0, 0.05) is 0 Å². The van der Waals surface area contributed by atoms with Gasteiger partial charge in [0.05, 0.1) is 24.5 Å². The highest BCUT2D eigenvalue weighted by Gasteiger charge is 2.32. The SMILES string of the molecule is CC(C(=O)OC(C)(C)C)C(=O)N(N)c1cn(C(C)(C)CC(=O)O)cn1. The van der Waals surface area contributed by atoms with Crippen LogP contribution in [-0.2, 0) is 24.7 Å². The van der Waals surface area contributed by atoms with Crippen LogP contribution in [0.4, 0.5) is 5.82 Å². The number of aromatic nitrogens is 2. The zero-order valence-corrected chi connectivity index (χ0v) is 15.4. The van der Waals surface area contributed by atoms with Crippen LogP contribution in [0, 0.1) is 5.92 Å². The van der Waals surface area contributed by atoms with Crippen LogP contribution in [0.15, 0.2) is 12.5 Å². The van der Waals surface area contributed by atoms with Gasteiger partial charge in [-0.25, -0.2) is 15.8 Å². The number of ether oxygens (including phenoxy) is 1. The van der Waals surface area contributed by atoms with E-state index in [1.807, 2.05) is 0 Å². The summed E-state index contributed by atoms with van der Waals surface area (Å²) in [6.45, 7) is 9.95. The summed E-state index contributed by atoms with van der Waals surface area (Å²) in [5, 5.41) is 9.73. The van der Waals surface area contributed by atoms with Gasteiger partial charge in [0.1, 0.15) is 11.5 Å². The first-order valence-corrected chi connectivity index (χ1v) is 7.82. The molecule has 0 saturated carbocycles. The molecule has 0 aliphatic rings. The molecule has 0 fully saturated rings. The number of carboxylic acids is 1. The Bertz CT molecular complexity index is 660. The number of hydrogen-bond donors (Lipinski definition) is 2. The number of carbonyl (C=O) groups is 3. The summed E-state index contributed by atoms with van der Waals surface area (Å²) in [6, 6.07) is 0. The van der Waals surface area contributed by atoms with E-state index in [-0.39, 0.29) is 12.2 Å². The topological polar surface area (TPSA) is 128 Å². The quantitative estimate of drug-likeness (QED) is 0.259. The molecule has 0 radical (unpaired) electrons. The number of carbonyl (C=O) groups excluding carboxylic acids is 2. The lowest BCUT2D eigenvalue weighted by atomic mass is 10.0. The van der Waals surface area contributed by atoms with Gasteiger partial charge in [-0.15, -0.1) is 0 Å². The predicted octanol–water partition coefficient (Wildman–Crippen LogP) is 1.28. The van der Waals surface area contributed by atoms with Crippen LogP contribution >= 0.6 is 0 Å². The second kappa shape index (κ2) is 7.22. The van der Waals surface area contributed by atoms with Crippen molar-refractivity contribution in [1.82, 2.24) is 9.55 Å². The Balaban J connectivity index is 2.90. The van der Waals surface area contributed by atoms with Crippen molar-refractivity contribution in [2.45, 2.75) is 59.1 Å². The molecule has 140 valence electrons. The van der Waals surface area contributed by atoms with E-state index in [0.717, 1.165) is 5.01 Å². The molecule has 1 rings (SSSR count). The third-order valence-corrected chi connectivity index (χ3v) is 3.47. The lowest BCUT2D eigenvalue weighted by molar-refractivity contribution is -0.161. The van der Waals surface area contributed by atoms with E-state index < -0.39 is 34.9 Å². The number of esters is 1. The second-order valence-corrected chi connectivity index (χ2v) is 7.49. The van der Waals surface area contributed by atoms with E-state index in [1.165, 1.54) is 19.4 Å². The summed E-state index contributed by atoms with van der Waals surface area (Å²) >= 11 is 0. The molecule has 3 N–H and O–H groups in total.